The molecule has 2 aromatic rings. The van der Waals surface area contributed by atoms with Gasteiger partial charge in [-0.15, -0.1) is 0 Å². The quantitative estimate of drug-likeness (QED) is 0.610. The van der Waals surface area contributed by atoms with E-state index >= 15 is 0 Å². The van der Waals surface area contributed by atoms with Crippen LogP contribution >= 0.6 is 11.3 Å². The average Bonchev–Trinajstić information content (AvgIpc) is 2.90. The summed E-state index contributed by atoms with van der Waals surface area (Å²) in [6.07, 6.45) is 0. The van der Waals surface area contributed by atoms with Gasteiger partial charge in [0, 0.05) is 0 Å². The predicted molar refractivity (Wildman–Crippen MR) is 70.5 cm³/mol. The summed E-state index contributed by atoms with van der Waals surface area (Å²) in [4.78, 5) is 0. The first-order chi connectivity index (χ1) is 8.40. The normalized spacial score (nSPS) is 12.5. The molecule has 0 aliphatic heterocycles. The van der Waals surface area contributed by atoms with Gasteiger partial charge in [0.1, 0.15) is 0 Å². The molecule has 0 aliphatic rings. The summed E-state index contributed by atoms with van der Waals surface area (Å²) in [5, 5.41) is 4.12. The first-order valence-corrected chi connectivity index (χ1v) is 6.44. The molecule has 0 aliphatic carbocycles. The van der Waals surface area contributed by atoms with Crippen LogP contribution in [-0.4, -0.2) is 6.61 Å². The van der Waals surface area contributed by atoms with Crippen LogP contribution in [0.5, 0.6) is 0 Å². The third-order valence-corrected chi connectivity index (χ3v) is 3.24. The van der Waals surface area contributed by atoms with Crippen molar-refractivity contribution in [2.75, 3.05) is 6.61 Å². The smallest absolute Gasteiger partial charge is 0.0717 e. The zero-order valence-electron chi connectivity index (χ0n) is 9.50. The fourth-order valence-corrected chi connectivity index (χ4v) is 2.30. The fourth-order valence-electron chi connectivity index (χ4n) is 1.58. The molecule has 0 saturated heterocycles. The summed E-state index contributed by atoms with van der Waals surface area (Å²) in [6.45, 7) is 1.19. The molecule has 0 spiro atoms. The molecule has 2 rings (SSSR count). The number of benzene rings is 1. The number of hydrogen-bond donors (Lipinski definition) is 2. The SMILES string of the molecule is NNC(COCc1ccccc1)c1ccsc1. The summed E-state index contributed by atoms with van der Waals surface area (Å²) in [6, 6.07) is 12.2. The molecule has 0 radical (unpaired) electrons. The monoisotopic (exact) mass is 248 g/mol. The number of thiophene rings is 1. The molecule has 1 aromatic carbocycles. The standard InChI is InChI=1S/C13H16N2OS/c14-15-13(12-6-7-17-10-12)9-16-8-11-4-2-1-3-5-11/h1-7,10,13,15H,8-9,14H2. The van der Waals surface area contributed by atoms with Crippen LogP contribution in [-0.2, 0) is 11.3 Å². The van der Waals surface area contributed by atoms with Gasteiger partial charge in [0.15, 0.2) is 0 Å². The van der Waals surface area contributed by atoms with Gasteiger partial charge in [-0.25, -0.2) is 0 Å². The van der Waals surface area contributed by atoms with Gasteiger partial charge in [-0.05, 0) is 28.0 Å². The molecule has 0 fully saturated rings. The summed E-state index contributed by atoms with van der Waals surface area (Å²) < 4.78 is 5.66. The Hall–Kier alpha value is -1.20. The van der Waals surface area contributed by atoms with E-state index in [4.69, 9.17) is 10.6 Å². The lowest BCUT2D eigenvalue weighted by molar-refractivity contribution is 0.0988. The number of nitrogens with two attached hydrogens (primary N) is 1. The Morgan fingerprint density at radius 1 is 1.24 bits per heavy atom. The Bertz CT molecular complexity index is 416. The summed E-state index contributed by atoms with van der Waals surface area (Å²) in [5.74, 6) is 5.52. The molecular formula is C13H16N2OS. The average molecular weight is 248 g/mol. The summed E-state index contributed by atoms with van der Waals surface area (Å²) in [5.41, 5.74) is 5.12. The minimum absolute atomic E-state index is 0.0602. The van der Waals surface area contributed by atoms with Gasteiger partial charge in [0.25, 0.3) is 0 Å². The van der Waals surface area contributed by atoms with E-state index < -0.39 is 0 Å². The maximum absolute atomic E-state index is 5.66. The Kier molecular flexibility index (Phi) is 4.70. The van der Waals surface area contributed by atoms with E-state index in [1.807, 2.05) is 23.6 Å². The van der Waals surface area contributed by atoms with Gasteiger partial charge in [-0.2, -0.15) is 11.3 Å². The van der Waals surface area contributed by atoms with Gasteiger partial charge in [-0.1, -0.05) is 30.3 Å². The number of hydrazine groups is 1. The molecule has 17 heavy (non-hydrogen) atoms. The first kappa shape index (κ1) is 12.3. The Balaban J connectivity index is 1.81. The van der Waals surface area contributed by atoms with Crippen LogP contribution in [0.1, 0.15) is 17.2 Å². The lowest BCUT2D eigenvalue weighted by Crippen LogP contribution is -2.31. The van der Waals surface area contributed by atoms with Gasteiger partial charge >= 0.3 is 0 Å². The molecule has 3 N–H and O–H groups in total. The number of ether oxygens (including phenoxy) is 1. The predicted octanol–water partition coefficient (Wildman–Crippen LogP) is 2.47. The van der Waals surface area contributed by atoms with E-state index in [1.54, 1.807) is 11.3 Å². The van der Waals surface area contributed by atoms with E-state index in [0.717, 1.165) is 0 Å². The van der Waals surface area contributed by atoms with Crippen molar-refractivity contribution in [1.29, 1.82) is 0 Å². The zero-order valence-corrected chi connectivity index (χ0v) is 10.3. The molecule has 90 valence electrons. The lowest BCUT2D eigenvalue weighted by atomic mass is 10.2. The fraction of sp³-hybridized carbons (Fsp3) is 0.231. The maximum Gasteiger partial charge on any atom is 0.0717 e. The van der Waals surface area contributed by atoms with Crippen molar-refractivity contribution in [3.63, 3.8) is 0 Å². The molecule has 1 unspecified atom stereocenters. The second kappa shape index (κ2) is 6.51. The molecule has 3 nitrogen and oxygen atoms in total. The summed E-state index contributed by atoms with van der Waals surface area (Å²) in [7, 11) is 0. The van der Waals surface area contributed by atoms with Crippen LogP contribution in [0, 0.1) is 0 Å². The molecule has 0 bridgehead atoms. The molecule has 1 atom stereocenters. The van der Waals surface area contributed by atoms with E-state index in [0.29, 0.717) is 13.2 Å². The third-order valence-electron chi connectivity index (χ3n) is 2.54. The minimum Gasteiger partial charge on any atom is -0.375 e. The highest BCUT2D eigenvalue weighted by atomic mass is 32.1. The zero-order chi connectivity index (χ0) is 11.9. The van der Waals surface area contributed by atoms with Gasteiger partial charge < -0.3 is 4.74 Å². The van der Waals surface area contributed by atoms with E-state index in [9.17, 15) is 0 Å². The van der Waals surface area contributed by atoms with Gasteiger partial charge in [-0.3, -0.25) is 11.3 Å². The summed E-state index contributed by atoms with van der Waals surface area (Å²) >= 11 is 1.66. The highest BCUT2D eigenvalue weighted by Crippen LogP contribution is 2.16. The van der Waals surface area contributed by atoms with Crippen molar-refractivity contribution in [2.24, 2.45) is 5.84 Å². The van der Waals surface area contributed by atoms with Crippen LogP contribution in [0.4, 0.5) is 0 Å². The maximum atomic E-state index is 5.66. The molecule has 0 amide bonds. The lowest BCUT2D eigenvalue weighted by Gasteiger charge is -2.14. The Labute approximate surface area is 105 Å². The Morgan fingerprint density at radius 2 is 2.06 bits per heavy atom. The van der Waals surface area contributed by atoms with Gasteiger partial charge in [0.05, 0.1) is 19.3 Å². The molecule has 4 heteroatoms. The van der Waals surface area contributed by atoms with E-state index in [-0.39, 0.29) is 6.04 Å². The van der Waals surface area contributed by atoms with Crippen molar-refractivity contribution in [2.45, 2.75) is 12.6 Å². The second-order valence-corrected chi connectivity index (χ2v) is 4.56. The van der Waals surface area contributed by atoms with E-state index in [1.165, 1.54) is 11.1 Å². The van der Waals surface area contributed by atoms with Crippen molar-refractivity contribution in [1.82, 2.24) is 5.43 Å². The molecule has 0 saturated carbocycles. The third kappa shape index (κ3) is 3.64. The number of nitrogens with one attached hydrogen (secondary N) is 1. The van der Waals surface area contributed by atoms with Gasteiger partial charge in [0.2, 0.25) is 0 Å². The van der Waals surface area contributed by atoms with Crippen LogP contribution in [0.25, 0.3) is 0 Å². The van der Waals surface area contributed by atoms with Crippen LogP contribution in [0.15, 0.2) is 47.2 Å². The number of rotatable bonds is 6. The van der Waals surface area contributed by atoms with E-state index in [2.05, 4.69) is 29.0 Å². The van der Waals surface area contributed by atoms with Crippen LogP contribution in [0.2, 0.25) is 0 Å². The van der Waals surface area contributed by atoms with Crippen molar-refractivity contribution in [3.05, 3.63) is 58.3 Å². The van der Waals surface area contributed by atoms with Crippen molar-refractivity contribution >= 4 is 11.3 Å². The first-order valence-electron chi connectivity index (χ1n) is 5.50. The second-order valence-electron chi connectivity index (χ2n) is 3.78. The van der Waals surface area contributed by atoms with Crippen LogP contribution < -0.4 is 11.3 Å². The number of hydrogen-bond acceptors (Lipinski definition) is 4. The van der Waals surface area contributed by atoms with Crippen molar-refractivity contribution in [3.8, 4) is 0 Å². The topological polar surface area (TPSA) is 47.3 Å². The largest absolute Gasteiger partial charge is 0.375 e. The highest BCUT2D eigenvalue weighted by molar-refractivity contribution is 7.07. The van der Waals surface area contributed by atoms with Crippen molar-refractivity contribution < 1.29 is 4.74 Å². The molecule has 1 aromatic heterocycles. The highest BCUT2D eigenvalue weighted by Gasteiger charge is 2.09. The molecular weight excluding hydrogens is 232 g/mol. The molecule has 1 heterocycles. The van der Waals surface area contributed by atoms with Crippen LogP contribution in [0.3, 0.4) is 0 Å². The minimum atomic E-state index is 0.0602. The Morgan fingerprint density at radius 3 is 2.71 bits per heavy atom.